The van der Waals surface area contributed by atoms with Gasteiger partial charge in [0.15, 0.2) is 0 Å². The van der Waals surface area contributed by atoms with Gasteiger partial charge in [0, 0.05) is 12.8 Å². The molecule has 0 aromatic heterocycles. The van der Waals surface area contributed by atoms with Gasteiger partial charge in [-0.25, -0.2) is 0 Å². The van der Waals surface area contributed by atoms with Crippen molar-refractivity contribution < 1.29 is 0 Å². The summed E-state index contributed by atoms with van der Waals surface area (Å²) in [5.74, 6) is 0. The summed E-state index contributed by atoms with van der Waals surface area (Å²) in [5, 5.41) is 5.66. The normalized spacial score (nSPS) is 9.22. The molecule has 0 aromatic rings. The van der Waals surface area contributed by atoms with Crippen LogP contribution in [0.1, 0.15) is 13.8 Å². The summed E-state index contributed by atoms with van der Waals surface area (Å²) in [6.45, 7) is 11.9. The Labute approximate surface area is 56.9 Å². The molecule has 0 spiro atoms. The number of hydrogen-bond donors (Lipinski definition) is 0. The van der Waals surface area contributed by atoms with Crippen LogP contribution in [0.4, 0.5) is 0 Å². The summed E-state index contributed by atoms with van der Waals surface area (Å²) in [5.41, 5.74) is 0. The molecule has 2 heteroatoms. The molecular weight excluding hydrogens is 112 g/mol. The maximum atomic E-state index is 3.79. The quantitative estimate of drug-likeness (QED) is 0.316. The fraction of sp³-hybridized carbons (Fsp3) is 0.571. The van der Waals surface area contributed by atoms with Gasteiger partial charge in [0.25, 0.3) is 0 Å². The van der Waals surface area contributed by atoms with Crippen molar-refractivity contribution in [3.63, 3.8) is 0 Å². The Morgan fingerprint density at radius 2 is 2.22 bits per heavy atom. The lowest BCUT2D eigenvalue weighted by Crippen LogP contribution is -2.24. The van der Waals surface area contributed by atoms with Crippen molar-refractivity contribution in [2.45, 2.75) is 19.9 Å². The van der Waals surface area contributed by atoms with E-state index in [-0.39, 0.29) is 0 Å². The van der Waals surface area contributed by atoms with Crippen LogP contribution >= 0.6 is 0 Å². The minimum absolute atomic E-state index is 0.417. The second-order valence-corrected chi connectivity index (χ2v) is 2.15. The average molecular weight is 126 g/mol. The van der Waals surface area contributed by atoms with Crippen molar-refractivity contribution in [2.24, 2.45) is 5.10 Å². The third-order valence-electron chi connectivity index (χ3n) is 1.09. The first kappa shape index (κ1) is 8.21. The third kappa shape index (κ3) is 2.90. The lowest BCUT2D eigenvalue weighted by Gasteiger charge is -2.20. The van der Waals surface area contributed by atoms with E-state index < -0.39 is 0 Å². The molecule has 0 bridgehead atoms. The topological polar surface area (TPSA) is 15.6 Å². The van der Waals surface area contributed by atoms with Gasteiger partial charge in [-0.3, -0.25) is 5.01 Å². The van der Waals surface area contributed by atoms with Crippen LogP contribution in [0.2, 0.25) is 0 Å². The first-order valence-corrected chi connectivity index (χ1v) is 3.06. The van der Waals surface area contributed by atoms with Gasteiger partial charge in [0.2, 0.25) is 0 Å². The first-order valence-electron chi connectivity index (χ1n) is 3.06. The summed E-state index contributed by atoms with van der Waals surface area (Å²) in [4.78, 5) is 0. The van der Waals surface area contributed by atoms with E-state index in [0.29, 0.717) is 6.04 Å². The molecule has 0 aromatic carbocycles. The van der Waals surface area contributed by atoms with Gasteiger partial charge >= 0.3 is 0 Å². The summed E-state index contributed by atoms with van der Waals surface area (Å²) >= 11 is 0. The molecule has 2 nitrogen and oxygen atoms in total. The van der Waals surface area contributed by atoms with Gasteiger partial charge in [-0.1, -0.05) is 6.08 Å². The fourth-order valence-electron chi connectivity index (χ4n) is 0.564. The third-order valence-corrected chi connectivity index (χ3v) is 1.09. The highest BCUT2D eigenvalue weighted by atomic mass is 15.4. The van der Waals surface area contributed by atoms with Crippen molar-refractivity contribution in [3.8, 4) is 0 Å². The van der Waals surface area contributed by atoms with Crippen molar-refractivity contribution in [2.75, 3.05) is 6.54 Å². The van der Waals surface area contributed by atoms with Gasteiger partial charge in [0.05, 0.1) is 6.54 Å². The highest BCUT2D eigenvalue weighted by molar-refractivity contribution is 5.22. The molecule has 0 rings (SSSR count). The zero-order valence-electron chi connectivity index (χ0n) is 6.17. The molecule has 9 heavy (non-hydrogen) atoms. The van der Waals surface area contributed by atoms with E-state index in [2.05, 4.69) is 32.2 Å². The van der Waals surface area contributed by atoms with Gasteiger partial charge in [-0.15, -0.1) is 6.58 Å². The summed E-state index contributed by atoms with van der Waals surface area (Å²) in [6, 6.07) is 0.417. The predicted molar refractivity (Wildman–Crippen MR) is 41.6 cm³/mol. The van der Waals surface area contributed by atoms with Crippen LogP contribution in [0, 0.1) is 0 Å². The molecule has 0 radical (unpaired) electrons. The lowest BCUT2D eigenvalue weighted by atomic mass is 10.4. The second-order valence-electron chi connectivity index (χ2n) is 2.15. The summed E-state index contributed by atoms with van der Waals surface area (Å²) < 4.78 is 0. The van der Waals surface area contributed by atoms with E-state index >= 15 is 0 Å². The number of hydrazone groups is 1. The molecule has 0 aliphatic carbocycles. The standard InChI is InChI=1S/C7H14N2/c1-5-6-9(8-4)7(2)3/h5,7H,1,4,6H2,2-3H3. The van der Waals surface area contributed by atoms with Crippen molar-refractivity contribution in [3.05, 3.63) is 12.7 Å². The number of rotatable bonds is 4. The Bertz CT molecular complexity index is 97.1. The zero-order valence-corrected chi connectivity index (χ0v) is 6.17. The number of hydrogen-bond acceptors (Lipinski definition) is 2. The van der Waals surface area contributed by atoms with Crippen LogP contribution in [-0.2, 0) is 0 Å². The van der Waals surface area contributed by atoms with Crippen LogP contribution < -0.4 is 0 Å². The molecule has 0 aliphatic rings. The Hall–Kier alpha value is -0.790. The average Bonchev–Trinajstić information content (AvgIpc) is 1.82. The van der Waals surface area contributed by atoms with Gasteiger partial charge < -0.3 is 0 Å². The van der Waals surface area contributed by atoms with Crippen molar-refractivity contribution in [1.29, 1.82) is 0 Å². The van der Waals surface area contributed by atoms with E-state index in [9.17, 15) is 0 Å². The summed E-state index contributed by atoms with van der Waals surface area (Å²) in [6.07, 6.45) is 1.81. The van der Waals surface area contributed by atoms with Crippen LogP contribution in [0.5, 0.6) is 0 Å². The molecule has 0 saturated carbocycles. The van der Waals surface area contributed by atoms with E-state index in [1.807, 2.05) is 11.1 Å². The Morgan fingerprint density at radius 1 is 1.67 bits per heavy atom. The predicted octanol–water partition coefficient (Wildman–Crippen LogP) is 1.50. The van der Waals surface area contributed by atoms with E-state index in [4.69, 9.17) is 0 Å². The van der Waals surface area contributed by atoms with Crippen LogP contribution in [0.15, 0.2) is 17.8 Å². The fourth-order valence-corrected chi connectivity index (χ4v) is 0.564. The molecule has 0 unspecified atom stereocenters. The summed E-state index contributed by atoms with van der Waals surface area (Å²) in [7, 11) is 0. The highest BCUT2D eigenvalue weighted by Gasteiger charge is 1.99. The maximum Gasteiger partial charge on any atom is 0.0541 e. The van der Waals surface area contributed by atoms with Gasteiger partial charge in [-0.05, 0) is 13.8 Å². The van der Waals surface area contributed by atoms with Crippen molar-refractivity contribution >= 4 is 6.72 Å². The Balaban J connectivity index is 3.66. The molecule has 0 saturated heterocycles. The zero-order chi connectivity index (χ0) is 7.28. The molecule has 0 amide bonds. The molecule has 0 atom stereocenters. The maximum absolute atomic E-state index is 3.79. The van der Waals surface area contributed by atoms with Crippen molar-refractivity contribution in [1.82, 2.24) is 5.01 Å². The Kier molecular flexibility index (Phi) is 3.76. The molecule has 0 heterocycles. The SMILES string of the molecule is C=CCN(N=C)C(C)C. The van der Waals surface area contributed by atoms with E-state index in [0.717, 1.165) is 6.54 Å². The molecule has 0 N–H and O–H groups in total. The van der Waals surface area contributed by atoms with Crippen LogP contribution in [0.3, 0.4) is 0 Å². The molecule has 52 valence electrons. The Morgan fingerprint density at radius 3 is 2.33 bits per heavy atom. The monoisotopic (exact) mass is 126 g/mol. The molecule has 0 aliphatic heterocycles. The van der Waals surface area contributed by atoms with E-state index in [1.165, 1.54) is 0 Å². The number of nitrogens with zero attached hydrogens (tertiary/aromatic N) is 2. The second kappa shape index (κ2) is 4.13. The minimum Gasteiger partial charge on any atom is -0.291 e. The molecule has 0 fully saturated rings. The largest absolute Gasteiger partial charge is 0.291 e. The first-order chi connectivity index (χ1) is 4.22. The van der Waals surface area contributed by atoms with Crippen LogP contribution in [-0.4, -0.2) is 24.3 Å². The lowest BCUT2D eigenvalue weighted by molar-refractivity contribution is 0.261. The van der Waals surface area contributed by atoms with Crippen LogP contribution in [0.25, 0.3) is 0 Å². The molecular formula is C7H14N2. The van der Waals surface area contributed by atoms with Gasteiger partial charge in [-0.2, -0.15) is 5.10 Å². The van der Waals surface area contributed by atoms with E-state index in [1.54, 1.807) is 0 Å². The van der Waals surface area contributed by atoms with Gasteiger partial charge in [0.1, 0.15) is 0 Å². The smallest absolute Gasteiger partial charge is 0.0541 e. The minimum atomic E-state index is 0.417. The highest BCUT2D eigenvalue weighted by Crippen LogP contribution is 1.96.